The molecule has 1 aliphatic rings. The molecule has 0 amide bonds. The van der Waals surface area contributed by atoms with Crippen LogP contribution in [0.2, 0.25) is 0 Å². The third kappa shape index (κ3) is 2.88. The van der Waals surface area contributed by atoms with Crippen molar-refractivity contribution in [1.29, 1.82) is 0 Å². The topological polar surface area (TPSA) is 52.9 Å². The van der Waals surface area contributed by atoms with Crippen LogP contribution in [0, 0.1) is 5.41 Å². The van der Waals surface area contributed by atoms with E-state index in [1.54, 1.807) is 0 Å². The van der Waals surface area contributed by atoms with Gasteiger partial charge in [0.25, 0.3) is 0 Å². The van der Waals surface area contributed by atoms with Gasteiger partial charge in [-0.1, -0.05) is 71.4 Å². The fraction of sp³-hybridized carbons (Fsp3) is 0.222. The van der Waals surface area contributed by atoms with E-state index in [1.165, 1.54) is 0 Å². The highest BCUT2D eigenvalue weighted by Gasteiger charge is 2.48. The zero-order chi connectivity index (χ0) is 16.4. The number of hydrazone groups is 1. The molecule has 118 valence electrons. The van der Waals surface area contributed by atoms with Crippen LogP contribution in [0.25, 0.3) is 0 Å². The highest BCUT2D eigenvalue weighted by atomic mass is 79.9. The largest absolute Gasteiger partial charge is 0.481 e. The van der Waals surface area contributed by atoms with E-state index in [1.807, 2.05) is 72.6 Å². The predicted octanol–water partition coefficient (Wildman–Crippen LogP) is 4.11. The highest BCUT2D eigenvalue weighted by Crippen LogP contribution is 2.44. The summed E-state index contributed by atoms with van der Waals surface area (Å²) in [6, 6.07) is 19.5. The number of carboxylic acids is 1. The van der Waals surface area contributed by atoms with Gasteiger partial charge >= 0.3 is 5.97 Å². The van der Waals surface area contributed by atoms with Crippen molar-refractivity contribution >= 4 is 33.3 Å². The summed E-state index contributed by atoms with van der Waals surface area (Å²) >= 11 is 3.68. The molecule has 2 atom stereocenters. The number of halogens is 1. The number of rotatable bonds is 4. The molecule has 2 aromatic carbocycles. The second-order valence-corrected chi connectivity index (χ2v) is 6.69. The minimum Gasteiger partial charge on any atom is -0.481 e. The van der Waals surface area contributed by atoms with Gasteiger partial charge in [0.15, 0.2) is 0 Å². The van der Waals surface area contributed by atoms with Crippen LogP contribution < -0.4 is 5.01 Å². The lowest BCUT2D eigenvalue weighted by Crippen LogP contribution is -2.39. The number of carboxylic acid groups (broad SMARTS) is 1. The standard InChI is InChI=1S/C18H17BrN2O2/c1-18(12-15(22)23)16(13-8-4-2-5-9-13)20-21(17(18)19)14-10-6-3-7-11-14/h2-11,17H,12H2,1H3,(H,22,23). The van der Waals surface area contributed by atoms with Gasteiger partial charge in [0.2, 0.25) is 0 Å². The van der Waals surface area contributed by atoms with Crippen LogP contribution in [-0.4, -0.2) is 21.7 Å². The zero-order valence-corrected chi connectivity index (χ0v) is 14.3. The van der Waals surface area contributed by atoms with Crippen LogP contribution in [-0.2, 0) is 4.79 Å². The van der Waals surface area contributed by atoms with Crippen molar-refractivity contribution in [3.05, 3.63) is 66.2 Å². The molecule has 0 saturated heterocycles. The fourth-order valence-electron chi connectivity index (χ4n) is 2.89. The number of anilines is 1. The Morgan fingerprint density at radius 2 is 1.74 bits per heavy atom. The Balaban J connectivity index is 2.09. The lowest BCUT2D eigenvalue weighted by atomic mass is 9.79. The lowest BCUT2D eigenvalue weighted by molar-refractivity contribution is -0.138. The minimum atomic E-state index is -0.838. The van der Waals surface area contributed by atoms with Crippen LogP contribution in [0.5, 0.6) is 0 Å². The molecule has 0 saturated carbocycles. The van der Waals surface area contributed by atoms with E-state index in [0.717, 1.165) is 17.0 Å². The zero-order valence-electron chi connectivity index (χ0n) is 12.7. The molecule has 0 radical (unpaired) electrons. The number of nitrogens with zero attached hydrogens (tertiary/aromatic N) is 2. The molecular formula is C18H17BrN2O2. The summed E-state index contributed by atoms with van der Waals surface area (Å²) in [5, 5.41) is 16.0. The first-order chi connectivity index (χ1) is 11.0. The van der Waals surface area contributed by atoms with Gasteiger partial charge in [-0.2, -0.15) is 5.10 Å². The van der Waals surface area contributed by atoms with Crippen LogP contribution in [0.4, 0.5) is 5.69 Å². The van der Waals surface area contributed by atoms with E-state index in [9.17, 15) is 9.90 Å². The second kappa shape index (κ2) is 6.16. The van der Waals surface area contributed by atoms with Crippen molar-refractivity contribution in [2.75, 3.05) is 5.01 Å². The number of hydrogen-bond acceptors (Lipinski definition) is 3. The molecule has 1 heterocycles. The Bertz CT molecular complexity index is 733. The van der Waals surface area contributed by atoms with E-state index in [-0.39, 0.29) is 11.4 Å². The second-order valence-electron chi connectivity index (χ2n) is 5.82. The van der Waals surface area contributed by atoms with Crippen molar-refractivity contribution in [3.63, 3.8) is 0 Å². The summed E-state index contributed by atoms with van der Waals surface area (Å²) < 4.78 is 0. The molecule has 2 aromatic rings. The number of alkyl halides is 1. The molecule has 0 spiro atoms. The van der Waals surface area contributed by atoms with Crippen molar-refractivity contribution in [2.45, 2.75) is 18.3 Å². The summed E-state index contributed by atoms with van der Waals surface area (Å²) in [6.07, 6.45) is -0.0000220. The van der Waals surface area contributed by atoms with Crippen molar-refractivity contribution in [1.82, 2.24) is 0 Å². The van der Waals surface area contributed by atoms with E-state index in [0.29, 0.717) is 0 Å². The molecule has 2 unspecified atom stereocenters. The molecule has 23 heavy (non-hydrogen) atoms. The monoisotopic (exact) mass is 372 g/mol. The van der Waals surface area contributed by atoms with Crippen LogP contribution in [0.15, 0.2) is 65.8 Å². The van der Waals surface area contributed by atoms with Gasteiger partial charge < -0.3 is 5.11 Å². The lowest BCUT2D eigenvalue weighted by Gasteiger charge is -2.30. The fourth-order valence-corrected chi connectivity index (χ4v) is 3.60. The molecule has 1 aliphatic heterocycles. The van der Waals surface area contributed by atoms with Gasteiger partial charge in [0.1, 0.15) is 4.95 Å². The quantitative estimate of drug-likeness (QED) is 0.648. The SMILES string of the molecule is CC1(CC(=O)O)C(c2ccccc2)=NN(c2ccccc2)C1Br. The average molecular weight is 373 g/mol. The third-order valence-electron chi connectivity index (χ3n) is 4.08. The van der Waals surface area contributed by atoms with Crippen molar-refractivity contribution in [2.24, 2.45) is 10.5 Å². The number of carbonyl (C=O) groups is 1. The van der Waals surface area contributed by atoms with Gasteiger partial charge in [-0.25, -0.2) is 0 Å². The smallest absolute Gasteiger partial charge is 0.304 e. The molecule has 5 heteroatoms. The van der Waals surface area contributed by atoms with Crippen molar-refractivity contribution in [3.8, 4) is 0 Å². The van der Waals surface area contributed by atoms with Crippen LogP contribution in [0.1, 0.15) is 18.9 Å². The maximum Gasteiger partial charge on any atom is 0.304 e. The van der Waals surface area contributed by atoms with Gasteiger partial charge in [-0.15, -0.1) is 0 Å². The third-order valence-corrected chi connectivity index (χ3v) is 5.47. The first-order valence-corrected chi connectivity index (χ1v) is 8.28. The van der Waals surface area contributed by atoms with E-state index < -0.39 is 11.4 Å². The normalized spacial score (nSPS) is 23.7. The van der Waals surface area contributed by atoms with Crippen LogP contribution in [0.3, 0.4) is 0 Å². The first-order valence-electron chi connectivity index (χ1n) is 7.37. The van der Waals surface area contributed by atoms with E-state index in [4.69, 9.17) is 5.10 Å². The minimum absolute atomic E-state index is 0.0000220. The van der Waals surface area contributed by atoms with E-state index >= 15 is 0 Å². The number of aliphatic carboxylic acids is 1. The molecular weight excluding hydrogens is 356 g/mol. The number of para-hydroxylation sites is 1. The van der Waals surface area contributed by atoms with Gasteiger partial charge in [-0.3, -0.25) is 9.80 Å². The molecule has 1 N–H and O–H groups in total. The predicted molar refractivity (Wildman–Crippen MR) is 95.0 cm³/mol. The molecule has 0 aliphatic carbocycles. The van der Waals surface area contributed by atoms with Crippen molar-refractivity contribution < 1.29 is 9.90 Å². The summed E-state index contributed by atoms with van der Waals surface area (Å²) in [4.78, 5) is 11.2. The summed E-state index contributed by atoms with van der Waals surface area (Å²) in [5.74, 6) is -0.838. The molecule has 3 rings (SSSR count). The maximum atomic E-state index is 11.4. The summed E-state index contributed by atoms with van der Waals surface area (Å²) in [6.45, 7) is 1.94. The molecule has 4 nitrogen and oxygen atoms in total. The van der Waals surface area contributed by atoms with E-state index in [2.05, 4.69) is 15.9 Å². The number of benzene rings is 2. The average Bonchev–Trinajstić information content (AvgIpc) is 2.80. The Morgan fingerprint density at radius 3 is 2.30 bits per heavy atom. The van der Waals surface area contributed by atoms with Gasteiger partial charge in [0, 0.05) is 0 Å². The summed E-state index contributed by atoms with van der Waals surface area (Å²) in [5.41, 5.74) is 2.02. The first kappa shape index (κ1) is 15.7. The van der Waals surface area contributed by atoms with Gasteiger partial charge in [0.05, 0.1) is 23.2 Å². The highest BCUT2D eigenvalue weighted by molar-refractivity contribution is 9.09. The Kier molecular flexibility index (Phi) is 4.22. The molecule has 0 aromatic heterocycles. The Labute approximate surface area is 143 Å². The Hall–Kier alpha value is -2.14. The summed E-state index contributed by atoms with van der Waals surface area (Å²) in [7, 11) is 0. The Morgan fingerprint density at radius 1 is 1.17 bits per heavy atom. The number of hydrogen-bond donors (Lipinski definition) is 1. The molecule has 0 fully saturated rings. The van der Waals surface area contributed by atoms with Gasteiger partial charge in [-0.05, 0) is 17.7 Å². The maximum absolute atomic E-state index is 11.4. The van der Waals surface area contributed by atoms with Crippen LogP contribution >= 0.6 is 15.9 Å². The molecule has 0 bridgehead atoms.